The molecule has 144 valence electrons. The third kappa shape index (κ3) is 5.30. The summed E-state index contributed by atoms with van der Waals surface area (Å²) in [5, 5.41) is 8.97. The summed E-state index contributed by atoms with van der Waals surface area (Å²) in [5.41, 5.74) is 1.51. The number of nitrogens with zero attached hydrogens (tertiary/aromatic N) is 1. The molecular formula is C19H22N2O5S. The first-order valence-electron chi connectivity index (χ1n) is 8.28. The molecule has 2 aromatic rings. The maximum Gasteiger partial charge on any atom is 0.308 e. The third-order valence-corrected chi connectivity index (χ3v) is 5.36. The Hall–Kier alpha value is -2.87. The maximum atomic E-state index is 12.6. The van der Waals surface area contributed by atoms with Crippen LogP contribution in [0.15, 0.2) is 53.4 Å². The number of sulfonamides is 1. The Morgan fingerprint density at radius 2 is 1.81 bits per heavy atom. The first-order chi connectivity index (χ1) is 12.6. The van der Waals surface area contributed by atoms with Gasteiger partial charge in [0.25, 0.3) is 15.9 Å². The van der Waals surface area contributed by atoms with Gasteiger partial charge in [-0.15, -0.1) is 0 Å². The zero-order valence-electron chi connectivity index (χ0n) is 15.3. The number of aliphatic carboxylic acids is 1. The summed E-state index contributed by atoms with van der Waals surface area (Å²) in [6.45, 7) is 3.37. The van der Waals surface area contributed by atoms with E-state index >= 15 is 0 Å². The molecule has 0 saturated heterocycles. The molecule has 1 unspecified atom stereocenters. The molecule has 0 bridgehead atoms. The maximum absolute atomic E-state index is 12.6. The van der Waals surface area contributed by atoms with Gasteiger partial charge in [-0.05, 0) is 42.8 Å². The Bertz CT molecular complexity index is 956. The number of anilines is 1. The molecule has 0 spiro atoms. The summed E-state index contributed by atoms with van der Waals surface area (Å²) in [6.07, 6.45) is 0. The van der Waals surface area contributed by atoms with Crippen molar-refractivity contribution in [3.8, 4) is 0 Å². The Morgan fingerprint density at radius 1 is 1.15 bits per heavy atom. The minimum absolute atomic E-state index is 0.0205. The molecule has 0 aliphatic heterocycles. The lowest BCUT2D eigenvalue weighted by molar-refractivity contribution is -0.141. The average Bonchev–Trinajstić information content (AvgIpc) is 2.60. The lowest BCUT2D eigenvalue weighted by Crippen LogP contribution is -2.33. The molecule has 0 radical (unpaired) electrons. The molecule has 0 fully saturated rings. The van der Waals surface area contributed by atoms with E-state index in [1.807, 2.05) is 13.0 Å². The van der Waals surface area contributed by atoms with Crippen molar-refractivity contribution in [1.29, 1.82) is 0 Å². The number of carbonyl (C=O) groups is 2. The van der Waals surface area contributed by atoms with Gasteiger partial charge in [0, 0.05) is 24.8 Å². The molecule has 2 N–H and O–H groups in total. The first kappa shape index (κ1) is 20.4. The minimum atomic E-state index is -3.86. The van der Waals surface area contributed by atoms with Gasteiger partial charge < -0.3 is 10.0 Å². The van der Waals surface area contributed by atoms with Crippen molar-refractivity contribution in [2.24, 2.45) is 5.92 Å². The van der Waals surface area contributed by atoms with E-state index in [1.165, 1.54) is 43.1 Å². The van der Waals surface area contributed by atoms with Crippen molar-refractivity contribution in [2.75, 3.05) is 18.3 Å². The van der Waals surface area contributed by atoms with E-state index in [9.17, 15) is 18.0 Å². The van der Waals surface area contributed by atoms with Crippen LogP contribution < -0.4 is 4.72 Å². The Labute approximate surface area is 158 Å². The highest BCUT2D eigenvalue weighted by atomic mass is 32.2. The molecule has 7 nitrogen and oxygen atoms in total. The van der Waals surface area contributed by atoms with Gasteiger partial charge >= 0.3 is 5.97 Å². The SMILES string of the molecule is Cc1cccc(NS(=O)(=O)c2cccc(C(=O)N(C)CC(C)C(=O)O)c2)c1. The molecule has 2 aromatic carbocycles. The predicted molar refractivity (Wildman–Crippen MR) is 102 cm³/mol. The number of rotatable bonds is 7. The van der Waals surface area contributed by atoms with Crippen LogP contribution in [0.1, 0.15) is 22.8 Å². The molecule has 8 heteroatoms. The van der Waals surface area contributed by atoms with Crippen molar-refractivity contribution in [3.63, 3.8) is 0 Å². The van der Waals surface area contributed by atoms with Crippen LogP contribution in [-0.4, -0.2) is 43.9 Å². The summed E-state index contributed by atoms with van der Waals surface area (Å²) >= 11 is 0. The second-order valence-electron chi connectivity index (χ2n) is 6.43. The van der Waals surface area contributed by atoms with E-state index in [-0.39, 0.29) is 17.0 Å². The van der Waals surface area contributed by atoms with Gasteiger partial charge in [0.2, 0.25) is 0 Å². The van der Waals surface area contributed by atoms with E-state index in [0.717, 1.165) is 5.56 Å². The van der Waals surface area contributed by atoms with Crippen LogP contribution in [0.4, 0.5) is 5.69 Å². The second-order valence-corrected chi connectivity index (χ2v) is 8.11. The van der Waals surface area contributed by atoms with Crippen LogP contribution in [0.3, 0.4) is 0 Å². The number of aryl methyl sites for hydroxylation is 1. The van der Waals surface area contributed by atoms with Gasteiger partial charge in [-0.1, -0.05) is 25.1 Å². The molecule has 0 heterocycles. The third-order valence-electron chi connectivity index (χ3n) is 3.98. The molecule has 2 rings (SSSR count). The van der Waals surface area contributed by atoms with Gasteiger partial charge in [-0.25, -0.2) is 8.42 Å². The summed E-state index contributed by atoms with van der Waals surface area (Å²) in [6, 6.07) is 12.6. The fourth-order valence-electron chi connectivity index (χ4n) is 2.51. The van der Waals surface area contributed by atoms with Crippen LogP contribution in [0.25, 0.3) is 0 Å². The van der Waals surface area contributed by atoms with Gasteiger partial charge in [0.15, 0.2) is 0 Å². The van der Waals surface area contributed by atoms with E-state index in [0.29, 0.717) is 5.69 Å². The number of carboxylic acids is 1. The number of hydrogen-bond donors (Lipinski definition) is 2. The molecule has 1 amide bonds. The molecule has 27 heavy (non-hydrogen) atoms. The smallest absolute Gasteiger partial charge is 0.308 e. The second kappa shape index (κ2) is 8.22. The number of benzene rings is 2. The Balaban J connectivity index is 2.23. The van der Waals surface area contributed by atoms with Gasteiger partial charge in [0.05, 0.1) is 10.8 Å². The average molecular weight is 390 g/mol. The van der Waals surface area contributed by atoms with Crippen LogP contribution in [0.2, 0.25) is 0 Å². The van der Waals surface area contributed by atoms with Gasteiger partial charge in [0.1, 0.15) is 0 Å². The van der Waals surface area contributed by atoms with Crippen molar-refractivity contribution < 1.29 is 23.1 Å². The van der Waals surface area contributed by atoms with Crippen LogP contribution in [0, 0.1) is 12.8 Å². The topological polar surface area (TPSA) is 104 Å². The van der Waals surface area contributed by atoms with Crippen molar-refractivity contribution in [2.45, 2.75) is 18.7 Å². The molecule has 0 aliphatic rings. The van der Waals surface area contributed by atoms with E-state index in [2.05, 4.69) is 4.72 Å². The fourth-order valence-corrected chi connectivity index (χ4v) is 3.61. The summed E-state index contributed by atoms with van der Waals surface area (Å²) in [4.78, 5) is 24.7. The largest absolute Gasteiger partial charge is 0.481 e. The Kier molecular flexibility index (Phi) is 6.22. The van der Waals surface area contributed by atoms with E-state index in [1.54, 1.807) is 18.2 Å². The van der Waals surface area contributed by atoms with Crippen molar-refractivity contribution in [3.05, 3.63) is 59.7 Å². The van der Waals surface area contributed by atoms with Crippen molar-refractivity contribution in [1.82, 2.24) is 4.90 Å². The quantitative estimate of drug-likeness (QED) is 0.756. The highest BCUT2D eigenvalue weighted by Gasteiger charge is 2.21. The standard InChI is InChI=1S/C19H22N2O5S/c1-13-6-4-8-16(10-13)20-27(25,26)17-9-5-7-15(11-17)18(22)21(3)12-14(2)19(23)24/h4-11,14,20H,12H2,1-3H3,(H,23,24). The number of hydrogen-bond acceptors (Lipinski definition) is 4. The van der Waals surface area contributed by atoms with Crippen LogP contribution in [0.5, 0.6) is 0 Å². The van der Waals surface area contributed by atoms with Crippen LogP contribution in [-0.2, 0) is 14.8 Å². The van der Waals surface area contributed by atoms with Gasteiger partial charge in [-0.2, -0.15) is 0 Å². The molecular weight excluding hydrogens is 368 g/mol. The fraction of sp³-hybridized carbons (Fsp3) is 0.263. The van der Waals surface area contributed by atoms with Crippen LogP contribution >= 0.6 is 0 Å². The number of carboxylic acid groups (broad SMARTS) is 1. The Morgan fingerprint density at radius 3 is 2.44 bits per heavy atom. The number of amides is 1. The van der Waals surface area contributed by atoms with E-state index < -0.39 is 27.8 Å². The summed E-state index contributed by atoms with van der Waals surface area (Å²) in [7, 11) is -2.38. The lowest BCUT2D eigenvalue weighted by atomic mass is 10.1. The molecule has 0 saturated carbocycles. The summed E-state index contributed by atoms with van der Waals surface area (Å²) < 4.78 is 27.7. The first-order valence-corrected chi connectivity index (χ1v) is 9.76. The molecule has 0 aromatic heterocycles. The predicted octanol–water partition coefficient (Wildman–Crippen LogP) is 2.59. The molecule has 0 aliphatic carbocycles. The summed E-state index contributed by atoms with van der Waals surface area (Å²) in [5.74, 6) is -2.18. The number of nitrogens with one attached hydrogen (secondary N) is 1. The highest BCUT2D eigenvalue weighted by molar-refractivity contribution is 7.92. The zero-order chi connectivity index (χ0) is 20.2. The van der Waals surface area contributed by atoms with Gasteiger partial charge in [-0.3, -0.25) is 14.3 Å². The normalized spacial score (nSPS) is 12.3. The highest BCUT2D eigenvalue weighted by Crippen LogP contribution is 2.19. The monoisotopic (exact) mass is 390 g/mol. The minimum Gasteiger partial charge on any atom is -0.481 e. The lowest BCUT2D eigenvalue weighted by Gasteiger charge is -2.20. The van der Waals surface area contributed by atoms with E-state index in [4.69, 9.17) is 5.11 Å². The number of carbonyl (C=O) groups excluding carboxylic acids is 1. The van der Waals surface area contributed by atoms with Crippen molar-refractivity contribution >= 4 is 27.6 Å². The molecule has 1 atom stereocenters. The zero-order valence-corrected chi connectivity index (χ0v) is 16.2.